The second-order valence-corrected chi connectivity index (χ2v) is 25.7. The number of rotatable bonds is 8. The number of aliphatic hydroxyl groups is 4. The van der Waals surface area contributed by atoms with Gasteiger partial charge in [-0.1, -0.05) is 0 Å². The number of carbonyl (C=O) groups is 3. The molecular formula is C71H54O31. The molecule has 0 spiro atoms. The molecule has 0 radical (unpaired) electrons. The number of ketones is 1. The third kappa shape index (κ3) is 9.52. The molecule has 2 bridgehead atoms. The number of hydrogen-bond acceptors (Lipinski definition) is 31. The number of carbonyl (C=O) groups excluding carboxylic acids is 3. The maximum Gasteiger partial charge on any atom is 0.338 e. The number of phenolic OH excluding ortho intramolecular Hbond substituents is 16. The van der Waals surface area contributed by atoms with Crippen molar-refractivity contribution in [3.05, 3.63) is 191 Å². The van der Waals surface area contributed by atoms with Gasteiger partial charge in [0.25, 0.3) is 0 Å². The van der Waals surface area contributed by atoms with Gasteiger partial charge in [-0.25, -0.2) is 9.59 Å². The fourth-order valence-corrected chi connectivity index (χ4v) is 15.5. The lowest BCUT2D eigenvalue weighted by molar-refractivity contribution is -0.0654. The normalized spacial score (nSPS) is 24.6. The summed E-state index contributed by atoms with van der Waals surface area (Å²) < 4.78 is 39.1. The average molecular weight is 1400 g/mol. The molecule has 8 aromatic carbocycles. The quantitative estimate of drug-likeness (QED) is 0.0554. The first kappa shape index (κ1) is 65.0. The van der Waals surface area contributed by atoms with E-state index in [1.807, 2.05) is 0 Å². The van der Waals surface area contributed by atoms with E-state index in [1.54, 1.807) is 0 Å². The molecule has 102 heavy (non-hydrogen) atoms. The largest absolute Gasteiger partial charge is 0.508 e. The van der Waals surface area contributed by atoms with Crippen LogP contribution in [0.4, 0.5) is 0 Å². The number of phenols is 16. The maximum atomic E-state index is 15.8. The fraction of sp³-hybridized carbons (Fsp3) is 0.211. The predicted molar refractivity (Wildman–Crippen MR) is 337 cm³/mol. The third-order valence-electron chi connectivity index (χ3n) is 19.7. The molecule has 2 unspecified atom stereocenters. The molecule has 4 aliphatic heterocycles. The van der Waals surface area contributed by atoms with E-state index in [9.17, 15) is 112 Å². The van der Waals surface area contributed by atoms with Crippen LogP contribution in [0.15, 0.2) is 119 Å². The molecule has 8 aliphatic rings. The van der Waals surface area contributed by atoms with Crippen LogP contribution in [0.1, 0.15) is 99.3 Å². The van der Waals surface area contributed by atoms with Crippen molar-refractivity contribution in [3.63, 3.8) is 0 Å². The van der Waals surface area contributed by atoms with Gasteiger partial charge in [0.05, 0.1) is 34.3 Å². The van der Waals surface area contributed by atoms with Crippen molar-refractivity contribution < 1.29 is 150 Å². The number of ether oxygens (including phenoxy) is 6. The number of allylic oxidation sites excluding steroid dienone is 1. The van der Waals surface area contributed by atoms with Crippen molar-refractivity contribution in [3.8, 4) is 121 Å². The Morgan fingerprint density at radius 3 is 1.36 bits per heavy atom. The Bertz CT molecular complexity index is 5190. The zero-order valence-corrected chi connectivity index (χ0v) is 51.7. The molecule has 524 valence electrons. The number of fused-ring (bicyclic) bond motifs is 5. The van der Waals surface area contributed by atoms with Crippen LogP contribution in [0.2, 0.25) is 0 Å². The van der Waals surface area contributed by atoms with E-state index < -0.39 is 285 Å². The van der Waals surface area contributed by atoms with Crippen LogP contribution in [0.5, 0.6) is 121 Å². The lowest BCUT2D eigenvalue weighted by Gasteiger charge is -2.62. The lowest BCUT2D eigenvalue weighted by atomic mass is 9.42. The van der Waals surface area contributed by atoms with E-state index >= 15 is 14.4 Å². The van der Waals surface area contributed by atoms with Crippen molar-refractivity contribution >= 4 is 17.7 Å². The first-order chi connectivity index (χ1) is 48.3. The molecule has 31 nitrogen and oxygen atoms in total. The standard InChI is InChI=1S/C71H54O31/c72-24-7-35(76)28-15-45(86)63(97-47(28)11-24)21-1-34-54(59(90)43(84)2-21)61(92)62(93)66-70(96)20-33(64-46(87)16-29-36(77)8-25(73)12-48(29)98-64)55(71(34,66)67-52(19-31-38(79)10-27(75)14-50(31)100-67)102-69(95)23-5-41(82)58(89)42(83)6-23)53-32(17-44(85)60(91)56(53)70)65-51(18-30-37(78)9-26(74)13-49(30)99-65)101-68(94)22-3-39(80)57(88)40(81)4-22/h1-14,17,20,45-46,51-52,55,63-65,67,72-83,85-89,91,93,96H,15-16,18-19H2,(H,84,90)/t45-,46-,51-,52-,55?,63-,64-,65-,67+,70+,71?/m1/s1. The number of aromatic hydroxyl groups is 17. The second-order valence-electron chi connectivity index (χ2n) is 25.7. The van der Waals surface area contributed by atoms with E-state index in [1.165, 1.54) is 0 Å². The van der Waals surface area contributed by atoms with Gasteiger partial charge in [0.15, 0.2) is 69.7 Å². The maximum absolute atomic E-state index is 15.8. The third-order valence-corrected chi connectivity index (χ3v) is 19.7. The van der Waals surface area contributed by atoms with E-state index in [2.05, 4.69) is 0 Å². The van der Waals surface area contributed by atoms with Crippen LogP contribution in [-0.2, 0) is 46.2 Å². The average Bonchev–Trinajstić information content (AvgIpc) is 0.740. The molecule has 4 aliphatic carbocycles. The van der Waals surface area contributed by atoms with Crippen LogP contribution in [0.3, 0.4) is 0 Å². The molecule has 4 heterocycles. The summed E-state index contributed by atoms with van der Waals surface area (Å²) in [5.41, 5.74) is -17.4. The summed E-state index contributed by atoms with van der Waals surface area (Å²) in [7, 11) is 0. The van der Waals surface area contributed by atoms with Crippen LogP contribution < -0.4 is 24.4 Å². The van der Waals surface area contributed by atoms with Gasteiger partial charge in [-0.3, -0.25) is 9.59 Å². The molecule has 0 amide bonds. The minimum atomic E-state index is -3.61. The molecule has 0 saturated carbocycles. The van der Waals surface area contributed by atoms with E-state index in [-0.39, 0.29) is 33.8 Å². The summed E-state index contributed by atoms with van der Waals surface area (Å²) in [6.07, 6.45) is -18.8. The zero-order chi connectivity index (χ0) is 72.7. The molecule has 11 atom stereocenters. The van der Waals surface area contributed by atoms with E-state index in [0.29, 0.717) is 30.3 Å². The number of Topliss-reactive ketones (excluding diaryl/α,β-unsaturated/α-hetero) is 1. The van der Waals surface area contributed by atoms with Crippen LogP contribution in [0.25, 0.3) is 0 Å². The molecule has 31 heteroatoms. The lowest BCUT2D eigenvalue weighted by Crippen LogP contribution is -2.68. The fourth-order valence-electron chi connectivity index (χ4n) is 15.5. The van der Waals surface area contributed by atoms with Crippen molar-refractivity contribution in [2.24, 2.45) is 0 Å². The van der Waals surface area contributed by atoms with Crippen molar-refractivity contribution in [1.29, 1.82) is 0 Å². The Morgan fingerprint density at radius 2 is 0.863 bits per heavy atom. The van der Waals surface area contributed by atoms with Gasteiger partial charge in [0.1, 0.15) is 99.0 Å². The van der Waals surface area contributed by atoms with Gasteiger partial charge in [-0.05, 0) is 70.8 Å². The Balaban J connectivity index is 1.10. The monoisotopic (exact) mass is 1400 g/mol. The van der Waals surface area contributed by atoms with Gasteiger partial charge in [-0.15, -0.1) is 0 Å². The highest BCUT2D eigenvalue weighted by atomic mass is 16.6. The smallest absolute Gasteiger partial charge is 0.338 e. The molecule has 16 rings (SSSR count). The van der Waals surface area contributed by atoms with Crippen LogP contribution >= 0.6 is 0 Å². The predicted octanol–water partition coefficient (Wildman–Crippen LogP) is 4.75. The Hall–Kier alpha value is -13.0. The molecule has 0 saturated heterocycles. The Kier molecular flexibility index (Phi) is 14.3. The summed E-state index contributed by atoms with van der Waals surface area (Å²) in [6, 6.07) is 12.5. The number of esters is 2. The molecule has 0 fully saturated rings. The number of hydrogen-bond donors (Lipinski definition) is 21. The van der Waals surface area contributed by atoms with Crippen LogP contribution in [-0.4, -0.2) is 162 Å². The molecule has 8 aromatic rings. The van der Waals surface area contributed by atoms with Gasteiger partial charge in [-0.2, -0.15) is 0 Å². The van der Waals surface area contributed by atoms with Gasteiger partial charge >= 0.3 is 11.9 Å². The number of benzene rings is 7. The van der Waals surface area contributed by atoms with E-state index in [0.717, 1.165) is 66.7 Å². The molecule has 0 aromatic heterocycles. The highest BCUT2D eigenvalue weighted by Crippen LogP contribution is 2.73. The van der Waals surface area contributed by atoms with Crippen LogP contribution in [0, 0.1) is 0 Å². The summed E-state index contributed by atoms with van der Waals surface area (Å²) in [6.45, 7) is 0. The first-order valence-electron chi connectivity index (χ1n) is 30.9. The SMILES string of the molecule is O=C(O[C@@H]1Cc2c(O)cc(O)cc2O[C@@H]1c1cc(O)c(O)c2c1C1C([C@H]3Oc4cc(O)cc(O)c4C[C@H]3O)=C[C@@]2(O)C2=C(O)C(=O)c3c(cc([C@H]4Oc5cc(O)cc(O)c5C[C@H]4O)cc(O)c3=O)C21[C@H]1Oc2cc(O)cc(O)c2C[C@H]1OC(=O)c1cc(O)c(O)c(O)c1)c1cc(O)c(O)c(O)c1. The zero-order valence-electron chi connectivity index (χ0n) is 51.7. The van der Waals surface area contributed by atoms with Crippen molar-refractivity contribution in [2.75, 3.05) is 0 Å². The minimum absolute atomic E-state index is 0.0838. The summed E-state index contributed by atoms with van der Waals surface area (Å²) >= 11 is 0. The Morgan fingerprint density at radius 1 is 0.441 bits per heavy atom. The number of aliphatic hydroxyl groups excluding tert-OH is 3. The minimum Gasteiger partial charge on any atom is -0.508 e. The second kappa shape index (κ2) is 22.5. The van der Waals surface area contributed by atoms with E-state index in [4.69, 9.17) is 28.4 Å². The van der Waals surface area contributed by atoms with Gasteiger partial charge < -0.3 is 136 Å². The van der Waals surface area contributed by atoms with Crippen molar-refractivity contribution in [2.45, 2.75) is 91.4 Å². The van der Waals surface area contributed by atoms with Gasteiger partial charge in [0.2, 0.25) is 11.2 Å². The summed E-state index contributed by atoms with van der Waals surface area (Å²) in [4.78, 5) is 61.3. The summed E-state index contributed by atoms with van der Waals surface area (Å²) in [5, 5.41) is 244. The highest BCUT2D eigenvalue weighted by molar-refractivity contribution is 6.12. The summed E-state index contributed by atoms with van der Waals surface area (Å²) in [5.74, 6) is -26.2. The highest BCUT2D eigenvalue weighted by Gasteiger charge is 2.73. The molecular weight excluding hydrogens is 1350 g/mol. The van der Waals surface area contributed by atoms with Crippen molar-refractivity contribution in [1.82, 2.24) is 0 Å². The van der Waals surface area contributed by atoms with Gasteiger partial charge in [0, 0.05) is 119 Å². The molecule has 21 N–H and O–H groups in total. The first-order valence-corrected chi connectivity index (χ1v) is 30.9. The Labute approximate surface area is 568 Å². The topological polar surface area (TPSA) is 548 Å².